The van der Waals surface area contributed by atoms with E-state index in [-0.39, 0.29) is 17.7 Å². The van der Waals surface area contributed by atoms with Crippen molar-refractivity contribution in [3.05, 3.63) is 59.7 Å². The molecule has 3 N–H and O–H groups in total. The topological polar surface area (TPSA) is 61.4 Å². The summed E-state index contributed by atoms with van der Waals surface area (Å²) in [6.45, 7) is 4.17. The molecule has 110 valence electrons. The lowest BCUT2D eigenvalue weighted by Gasteiger charge is -2.16. The molecular formula is C17H20N2O2. The molecule has 0 aliphatic carbocycles. The number of amides is 1. The Morgan fingerprint density at radius 1 is 1.19 bits per heavy atom. The molecule has 0 aliphatic rings. The normalized spacial score (nSPS) is 11.9. The molecular weight excluding hydrogens is 264 g/mol. The van der Waals surface area contributed by atoms with E-state index < -0.39 is 0 Å². The van der Waals surface area contributed by atoms with E-state index in [2.05, 4.69) is 10.6 Å². The minimum atomic E-state index is -0.0801. The number of rotatable bonds is 5. The van der Waals surface area contributed by atoms with Crippen LogP contribution in [-0.4, -0.2) is 11.0 Å². The zero-order valence-electron chi connectivity index (χ0n) is 12.3. The van der Waals surface area contributed by atoms with Crippen LogP contribution in [0.15, 0.2) is 48.5 Å². The Balaban J connectivity index is 2.04. The molecule has 0 heterocycles. The predicted octanol–water partition coefficient (Wildman–Crippen LogP) is 3.20. The number of carbonyl (C=O) groups excluding carboxylic acids is 1. The highest BCUT2D eigenvalue weighted by molar-refractivity contribution is 5.89. The van der Waals surface area contributed by atoms with Gasteiger partial charge in [0, 0.05) is 25.2 Å². The Kier molecular flexibility index (Phi) is 4.95. The van der Waals surface area contributed by atoms with Crippen molar-refractivity contribution >= 4 is 11.6 Å². The van der Waals surface area contributed by atoms with Crippen LogP contribution >= 0.6 is 0 Å². The summed E-state index contributed by atoms with van der Waals surface area (Å²) in [7, 11) is 0. The molecule has 0 bridgehead atoms. The van der Waals surface area contributed by atoms with E-state index in [0.717, 1.165) is 16.8 Å². The molecule has 1 unspecified atom stereocenters. The smallest absolute Gasteiger partial charge is 0.221 e. The highest BCUT2D eigenvalue weighted by Crippen LogP contribution is 2.20. The maximum absolute atomic E-state index is 11.2. The molecule has 0 fully saturated rings. The largest absolute Gasteiger partial charge is 0.508 e. The van der Waals surface area contributed by atoms with Gasteiger partial charge in [-0.05, 0) is 36.2 Å². The van der Waals surface area contributed by atoms with Crippen LogP contribution in [0.4, 0.5) is 5.69 Å². The summed E-state index contributed by atoms with van der Waals surface area (Å²) in [5.41, 5.74) is 2.87. The van der Waals surface area contributed by atoms with E-state index in [4.69, 9.17) is 0 Å². The third-order valence-electron chi connectivity index (χ3n) is 3.30. The van der Waals surface area contributed by atoms with Gasteiger partial charge >= 0.3 is 0 Å². The summed E-state index contributed by atoms with van der Waals surface area (Å²) in [6, 6.07) is 15.0. The van der Waals surface area contributed by atoms with Gasteiger partial charge in [0.15, 0.2) is 0 Å². The van der Waals surface area contributed by atoms with Crippen LogP contribution in [-0.2, 0) is 11.3 Å². The molecule has 2 rings (SSSR count). The molecule has 21 heavy (non-hydrogen) atoms. The molecule has 4 heteroatoms. The van der Waals surface area contributed by atoms with Gasteiger partial charge in [0.25, 0.3) is 0 Å². The highest BCUT2D eigenvalue weighted by atomic mass is 16.3. The first-order valence-corrected chi connectivity index (χ1v) is 6.94. The molecule has 0 saturated heterocycles. The quantitative estimate of drug-likeness (QED) is 0.790. The lowest BCUT2D eigenvalue weighted by molar-refractivity contribution is -0.114. The third-order valence-corrected chi connectivity index (χ3v) is 3.30. The average Bonchev–Trinajstić information content (AvgIpc) is 2.45. The fourth-order valence-electron chi connectivity index (χ4n) is 2.16. The Labute approximate surface area is 124 Å². The standard InChI is InChI=1S/C17H20N2O2/c1-12(14-7-5-8-16(21)10-14)18-11-15-6-3-4-9-17(15)19-13(2)20/h3-10,12,18,21H,11H2,1-2H3,(H,19,20). The van der Waals surface area contributed by atoms with Gasteiger partial charge in [-0.25, -0.2) is 0 Å². The van der Waals surface area contributed by atoms with E-state index >= 15 is 0 Å². The van der Waals surface area contributed by atoms with Crippen LogP contribution < -0.4 is 10.6 Å². The number of phenols is 1. The minimum Gasteiger partial charge on any atom is -0.508 e. The number of anilines is 1. The van der Waals surface area contributed by atoms with E-state index in [1.54, 1.807) is 12.1 Å². The van der Waals surface area contributed by atoms with Crippen LogP contribution in [0, 0.1) is 0 Å². The van der Waals surface area contributed by atoms with E-state index in [1.807, 2.05) is 43.3 Å². The molecule has 0 radical (unpaired) electrons. The number of nitrogens with one attached hydrogen (secondary N) is 2. The number of aromatic hydroxyl groups is 1. The molecule has 1 atom stereocenters. The summed E-state index contributed by atoms with van der Waals surface area (Å²) in [6.07, 6.45) is 0. The second kappa shape index (κ2) is 6.90. The van der Waals surface area contributed by atoms with Crippen molar-refractivity contribution < 1.29 is 9.90 Å². The Hall–Kier alpha value is -2.33. The Morgan fingerprint density at radius 2 is 1.95 bits per heavy atom. The van der Waals surface area contributed by atoms with Gasteiger partial charge in [0.05, 0.1) is 0 Å². The molecule has 2 aromatic rings. The van der Waals surface area contributed by atoms with Crippen LogP contribution in [0.2, 0.25) is 0 Å². The number of benzene rings is 2. The van der Waals surface area contributed by atoms with Gasteiger partial charge in [0.1, 0.15) is 5.75 Å². The Bertz CT molecular complexity index is 626. The van der Waals surface area contributed by atoms with Gasteiger partial charge in [-0.2, -0.15) is 0 Å². The number of para-hydroxylation sites is 1. The summed E-state index contributed by atoms with van der Waals surface area (Å²) in [4.78, 5) is 11.2. The molecule has 0 saturated carbocycles. The second-order valence-electron chi connectivity index (χ2n) is 5.04. The summed E-state index contributed by atoms with van der Waals surface area (Å²) in [5.74, 6) is 0.184. The molecule has 0 aliphatic heterocycles. The Morgan fingerprint density at radius 3 is 2.67 bits per heavy atom. The average molecular weight is 284 g/mol. The van der Waals surface area contributed by atoms with Crippen molar-refractivity contribution in [2.45, 2.75) is 26.4 Å². The van der Waals surface area contributed by atoms with Gasteiger partial charge < -0.3 is 15.7 Å². The van der Waals surface area contributed by atoms with Gasteiger partial charge in [-0.1, -0.05) is 30.3 Å². The van der Waals surface area contributed by atoms with Gasteiger partial charge in [-0.3, -0.25) is 4.79 Å². The monoisotopic (exact) mass is 284 g/mol. The summed E-state index contributed by atoms with van der Waals surface area (Å²) in [5, 5.41) is 15.7. The molecule has 0 aromatic heterocycles. The van der Waals surface area contributed by atoms with Crippen molar-refractivity contribution in [2.75, 3.05) is 5.32 Å². The van der Waals surface area contributed by atoms with Crippen molar-refractivity contribution in [3.63, 3.8) is 0 Å². The fraction of sp³-hybridized carbons (Fsp3) is 0.235. The first-order chi connectivity index (χ1) is 10.1. The van der Waals surface area contributed by atoms with E-state index in [9.17, 15) is 9.90 Å². The first-order valence-electron chi connectivity index (χ1n) is 6.94. The zero-order chi connectivity index (χ0) is 15.2. The first kappa shape index (κ1) is 15.1. The van der Waals surface area contributed by atoms with Crippen molar-refractivity contribution in [1.82, 2.24) is 5.32 Å². The van der Waals surface area contributed by atoms with Gasteiger partial charge in [0.2, 0.25) is 5.91 Å². The fourth-order valence-corrected chi connectivity index (χ4v) is 2.16. The number of carbonyl (C=O) groups is 1. The SMILES string of the molecule is CC(=O)Nc1ccccc1CNC(C)c1cccc(O)c1. The molecule has 1 amide bonds. The molecule has 4 nitrogen and oxygen atoms in total. The lowest BCUT2D eigenvalue weighted by Crippen LogP contribution is -2.19. The van der Waals surface area contributed by atoms with Crippen LogP contribution in [0.5, 0.6) is 5.75 Å². The number of phenolic OH excluding ortho intramolecular Hbond substituents is 1. The zero-order valence-corrected chi connectivity index (χ0v) is 12.3. The van der Waals surface area contributed by atoms with Crippen molar-refractivity contribution in [2.24, 2.45) is 0 Å². The van der Waals surface area contributed by atoms with Crippen LogP contribution in [0.25, 0.3) is 0 Å². The molecule has 0 spiro atoms. The maximum atomic E-state index is 11.2. The van der Waals surface area contributed by atoms with Gasteiger partial charge in [-0.15, -0.1) is 0 Å². The molecule has 2 aromatic carbocycles. The summed E-state index contributed by atoms with van der Waals surface area (Å²) >= 11 is 0. The summed E-state index contributed by atoms with van der Waals surface area (Å²) < 4.78 is 0. The second-order valence-corrected chi connectivity index (χ2v) is 5.04. The highest BCUT2D eigenvalue weighted by Gasteiger charge is 2.08. The maximum Gasteiger partial charge on any atom is 0.221 e. The number of hydrogen-bond donors (Lipinski definition) is 3. The van der Waals surface area contributed by atoms with Crippen molar-refractivity contribution in [3.8, 4) is 5.75 Å². The van der Waals surface area contributed by atoms with E-state index in [1.165, 1.54) is 6.92 Å². The third kappa shape index (κ3) is 4.33. The van der Waals surface area contributed by atoms with Crippen LogP contribution in [0.3, 0.4) is 0 Å². The minimum absolute atomic E-state index is 0.0801. The lowest BCUT2D eigenvalue weighted by atomic mass is 10.1. The van der Waals surface area contributed by atoms with Crippen molar-refractivity contribution in [1.29, 1.82) is 0 Å². The van der Waals surface area contributed by atoms with Crippen LogP contribution in [0.1, 0.15) is 31.0 Å². The van der Waals surface area contributed by atoms with E-state index in [0.29, 0.717) is 6.54 Å². The predicted molar refractivity (Wildman–Crippen MR) is 84.1 cm³/mol. The number of hydrogen-bond acceptors (Lipinski definition) is 3.